The Kier molecular flexibility index (Phi) is 4.14. The molecule has 1 saturated heterocycles. The van der Waals surface area contributed by atoms with Crippen molar-refractivity contribution in [2.24, 2.45) is 11.3 Å². The Hall–Kier alpha value is -1.89. The van der Waals surface area contributed by atoms with E-state index in [1.54, 1.807) is 24.0 Å². The summed E-state index contributed by atoms with van der Waals surface area (Å²) in [5.41, 5.74) is -0.0912. The van der Waals surface area contributed by atoms with Crippen molar-refractivity contribution in [3.05, 3.63) is 22.4 Å². The molecule has 0 bridgehead atoms. The number of carbonyl (C=O) groups excluding carboxylic acids is 2. The van der Waals surface area contributed by atoms with E-state index in [0.717, 1.165) is 19.3 Å². The second-order valence-electron chi connectivity index (χ2n) is 6.46. The molecule has 0 radical (unpaired) electrons. The van der Waals surface area contributed by atoms with Crippen LogP contribution in [-0.4, -0.2) is 46.9 Å². The lowest BCUT2D eigenvalue weighted by Crippen LogP contribution is -2.49. The summed E-state index contributed by atoms with van der Waals surface area (Å²) in [4.78, 5) is 37.8. The van der Waals surface area contributed by atoms with Crippen molar-refractivity contribution in [2.45, 2.75) is 32.2 Å². The number of nitrogens with one attached hydrogen (secondary N) is 1. The molecule has 2 amide bonds. The monoisotopic (exact) mass is 336 g/mol. The van der Waals surface area contributed by atoms with E-state index in [9.17, 15) is 14.4 Å². The minimum absolute atomic E-state index is 0.0912. The topological polar surface area (TPSA) is 86.7 Å². The highest BCUT2D eigenvalue weighted by molar-refractivity contribution is 7.12. The lowest BCUT2D eigenvalue weighted by Gasteiger charge is -2.34. The summed E-state index contributed by atoms with van der Waals surface area (Å²) in [5.74, 6) is -1.29. The molecule has 1 aromatic heterocycles. The maximum absolute atomic E-state index is 12.4. The Balaban J connectivity index is 1.51. The Bertz CT molecular complexity index is 620. The molecule has 2 aliphatic rings. The van der Waals surface area contributed by atoms with Crippen LogP contribution in [0.25, 0.3) is 0 Å². The predicted octanol–water partition coefficient (Wildman–Crippen LogP) is 1.58. The predicted molar refractivity (Wildman–Crippen MR) is 85.2 cm³/mol. The molecule has 7 heteroatoms. The minimum atomic E-state index is -0.721. The number of thiophene rings is 1. The number of hydrogen-bond acceptors (Lipinski definition) is 4. The number of likely N-dealkylation sites (tertiary alicyclic amines) is 1. The fraction of sp³-hybridized carbons (Fsp3) is 0.562. The van der Waals surface area contributed by atoms with Gasteiger partial charge in [0.15, 0.2) is 0 Å². The Morgan fingerprint density at radius 1 is 1.39 bits per heavy atom. The van der Waals surface area contributed by atoms with Crippen LogP contribution in [0.1, 0.15) is 35.9 Å². The summed E-state index contributed by atoms with van der Waals surface area (Å²) in [5, 5.41) is 13.6. The standard InChI is InChI=1S/C16H20N2O4S/c1-10(17-13(19)12-3-2-8-23-12)14(20)18-6-4-16(5-7-18)9-11(16)15(21)22/h2-3,8,10-11H,4-7,9H2,1H3,(H,17,19)(H,21,22). The van der Waals surface area contributed by atoms with Crippen LogP contribution in [0.15, 0.2) is 17.5 Å². The van der Waals surface area contributed by atoms with Crippen molar-refractivity contribution in [2.75, 3.05) is 13.1 Å². The summed E-state index contributed by atoms with van der Waals surface area (Å²) >= 11 is 1.34. The second-order valence-corrected chi connectivity index (χ2v) is 7.40. The van der Waals surface area contributed by atoms with Crippen LogP contribution in [0, 0.1) is 11.3 Å². The van der Waals surface area contributed by atoms with Gasteiger partial charge in [-0.3, -0.25) is 14.4 Å². The smallest absolute Gasteiger partial charge is 0.307 e. The number of carboxylic acids is 1. The molecular formula is C16H20N2O4S. The quantitative estimate of drug-likeness (QED) is 0.874. The number of hydrogen-bond donors (Lipinski definition) is 2. The van der Waals surface area contributed by atoms with E-state index in [2.05, 4.69) is 5.32 Å². The maximum Gasteiger partial charge on any atom is 0.307 e. The van der Waals surface area contributed by atoms with Gasteiger partial charge in [0.1, 0.15) is 6.04 Å². The molecule has 3 rings (SSSR count). The van der Waals surface area contributed by atoms with E-state index in [4.69, 9.17) is 5.11 Å². The first kappa shape index (κ1) is 16.0. The Morgan fingerprint density at radius 2 is 2.09 bits per heavy atom. The lowest BCUT2D eigenvalue weighted by atomic mass is 9.90. The summed E-state index contributed by atoms with van der Waals surface area (Å²) < 4.78 is 0. The number of carbonyl (C=O) groups is 3. The van der Waals surface area contributed by atoms with E-state index in [1.807, 2.05) is 5.38 Å². The average Bonchev–Trinajstić information content (AvgIpc) is 2.98. The Morgan fingerprint density at radius 3 is 2.61 bits per heavy atom. The van der Waals surface area contributed by atoms with E-state index in [-0.39, 0.29) is 23.1 Å². The van der Waals surface area contributed by atoms with Crippen molar-refractivity contribution in [3.8, 4) is 0 Å². The molecular weight excluding hydrogens is 316 g/mol. The molecule has 2 unspecified atom stereocenters. The zero-order valence-electron chi connectivity index (χ0n) is 12.9. The van der Waals surface area contributed by atoms with E-state index < -0.39 is 12.0 Å². The van der Waals surface area contributed by atoms with Gasteiger partial charge < -0.3 is 15.3 Å². The van der Waals surface area contributed by atoms with Gasteiger partial charge in [0.25, 0.3) is 5.91 Å². The van der Waals surface area contributed by atoms with Crippen molar-refractivity contribution >= 4 is 29.1 Å². The van der Waals surface area contributed by atoms with Gasteiger partial charge in [0, 0.05) is 13.1 Å². The van der Waals surface area contributed by atoms with Crippen LogP contribution in [0.2, 0.25) is 0 Å². The van der Waals surface area contributed by atoms with Crippen molar-refractivity contribution in [1.29, 1.82) is 0 Å². The third-order valence-corrected chi connectivity index (χ3v) is 5.89. The number of aliphatic carboxylic acids is 1. The maximum atomic E-state index is 12.4. The van der Waals surface area contributed by atoms with Gasteiger partial charge in [-0.1, -0.05) is 6.07 Å². The molecule has 2 fully saturated rings. The molecule has 0 aromatic carbocycles. The molecule has 2 N–H and O–H groups in total. The Labute approximate surface area is 138 Å². The molecule has 2 atom stereocenters. The van der Waals surface area contributed by atoms with Crippen LogP contribution in [0.5, 0.6) is 0 Å². The third kappa shape index (κ3) is 3.10. The molecule has 1 aliphatic heterocycles. The highest BCUT2D eigenvalue weighted by Crippen LogP contribution is 2.59. The normalized spacial score (nSPS) is 23.3. The molecule has 124 valence electrons. The fourth-order valence-corrected chi connectivity index (χ4v) is 4.06. The van der Waals surface area contributed by atoms with Crippen LogP contribution < -0.4 is 5.32 Å². The number of rotatable bonds is 4. The number of carboxylic acid groups (broad SMARTS) is 1. The van der Waals surface area contributed by atoms with Crippen molar-refractivity contribution in [1.82, 2.24) is 10.2 Å². The van der Waals surface area contributed by atoms with Crippen LogP contribution in [0.4, 0.5) is 0 Å². The fourth-order valence-electron chi connectivity index (χ4n) is 3.43. The summed E-state index contributed by atoms with van der Waals surface area (Å²) in [6, 6.07) is 2.94. The minimum Gasteiger partial charge on any atom is -0.481 e. The van der Waals surface area contributed by atoms with Gasteiger partial charge in [0.2, 0.25) is 5.91 Å². The van der Waals surface area contributed by atoms with Gasteiger partial charge in [-0.05, 0) is 43.0 Å². The van der Waals surface area contributed by atoms with E-state index in [0.29, 0.717) is 18.0 Å². The van der Waals surface area contributed by atoms with Gasteiger partial charge in [-0.2, -0.15) is 0 Å². The lowest BCUT2D eigenvalue weighted by molar-refractivity contribution is -0.140. The molecule has 1 aromatic rings. The first-order valence-corrected chi connectivity index (χ1v) is 8.67. The molecule has 1 spiro atoms. The van der Waals surface area contributed by atoms with Crippen molar-refractivity contribution < 1.29 is 19.5 Å². The number of piperidine rings is 1. The molecule has 1 aliphatic carbocycles. The van der Waals surface area contributed by atoms with Crippen LogP contribution in [0.3, 0.4) is 0 Å². The van der Waals surface area contributed by atoms with Gasteiger partial charge in [-0.25, -0.2) is 0 Å². The van der Waals surface area contributed by atoms with Crippen LogP contribution in [-0.2, 0) is 9.59 Å². The van der Waals surface area contributed by atoms with Crippen LogP contribution >= 0.6 is 11.3 Å². The number of nitrogens with zero attached hydrogens (tertiary/aromatic N) is 1. The average molecular weight is 336 g/mol. The highest BCUT2D eigenvalue weighted by Gasteiger charge is 2.59. The molecule has 23 heavy (non-hydrogen) atoms. The van der Waals surface area contributed by atoms with Gasteiger partial charge in [-0.15, -0.1) is 11.3 Å². The molecule has 1 saturated carbocycles. The first-order valence-electron chi connectivity index (χ1n) is 7.79. The molecule has 6 nitrogen and oxygen atoms in total. The van der Waals surface area contributed by atoms with Gasteiger partial charge >= 0.3 is 5.97 Å². The molecule has 2 heterocycles. The van der Waals surface area contributed by atoms with Gasteiger partial charge in [0.05, 0.1) is 10.8 Å². The number of amides is 2. The largest absolute Gasteiger partial charge is 0.481 e. The third-order valence-electron chi connectivity index (χ3n) is 5.02. The highest BCUT2D eigenvalue weighted by atomic mass is 32.1. The zero-order valence-corrected chi connectivity index (χ0v) is 13.8. The second kappa shape index (κ2) is 5.96. The summed E-state index contributed by atoms with van der Waals surface area (Å²) in [6.07, 6.45) is 2.21. The van der Waals surface area contributed by atoms with Crippen molar-refractivity contribution in [3.63, 3.8) is 0 Å². The summed E-state index contributed by atoms with van der Waals surface area (Å²) in [7, 11) is 0. The van der Waals surface area contributed by atoms with E-state index in [1.165, 1.54) is 11.3 Å². The van der Waals surface area contributed by atoms with E-state index >= 15 is 0 Å². The first-order chi connectivity index (χ1) is 10.9. The summed E-state index contributed by atoms with van der Waals surface area (Å²) in [6.45, 7) is 2.83. The SMILES string of the molecule is CC(NC(=O)c1cccs1)C(=O)N1CCC2(CC1)CC2C(=O)O. The zero-order chi connectivity index (χ0) is 16.6.